The van der Waals surface area contributed by atoms with Gasteiger partial charge in [-0.05, 0) is 44.9 Å². The molecule has 1 rings (SSSR count). The molecule has 0 aromatic heterocycles. The number of carbonyl (C=O) groups is 1. The Morgan fingerprint density at radius 2 is 2.11 bits per heavy atom. The van der Waals surface area contributed by atoms with Crippen LogP contribution in [0.5, 0.6) is 5.75 Å². The highest BCUT2D eigenvalue weighted by molar-refractivity contribution is 5.81. The minimum absolute atomic E-state index is 0.109. The first-order valence-electron chi connectivity index (χ1n) is 6.77. The summed E-state index contributed by atoms with van der Waals surface area (Å²) in [5.74, 6) is 0.452. The lowest BCUT2D eigenvalue weighted by atomic mass is 10.2. The Morgan fingerprint density at radius 3 is 2.74 bits per heavy atom. The van der Waals surface area contributed by atoms with Gasteiger partial charge in [-0.2, -0.15) is 0 Å². The van der Waals surface area contributed by atoms with Gasteiger partial charge in [0.1, 0.15) is 5.75 Å². The molecule has 3 N–H and O–H groups in total. The number of rotatable bonds is 6. The molecular formula is C15H24N2O2. The molecule has 0 saturated carbocycles. The van der Waals surface area contributed by atoms with Crippen molar-refractivity contribution < 1.29 is 9.53 Å². The van der Waals surface area contributed by atoms with Crippen LogP contribution in [0.3, 0.4) is 0 Å². The summed E-state index contributed by atoms with van der Waals surface area (Å²) in [5, 5.41) is 2.93. The summed E-state index contributed by atoms with van der Waals surface area (Å²) in [5.41, 5.74) is 7.43. The molecule has 0 aliphatic heterocycles. The average Bonchev–Trinajstić information content (AvgIpc) is 2.34. The molecule has 2 unspecified atom stereocenters. The predicted molar refractivity (Wildman–Crippen MR) is 78.2 cm³/mol. The van der Waals surface area contributed by atoms with E-state index in [9.17, 15) is 4.79 Å². The molecule has 0 heterocycles. The van der Waals surface area contributed by atoms with Crippen molar-refractivity contribution >= 4 is 11.6 Å². The highest BCUT2D eigenvalue weighted by Crippen LogP contribution is 2.23. The molecule has 4 nitrogen and oxygen atoms in total. The van der Waals surface area contributed by atoms with E-state index in [0.29, 0.717) is 11.4 Å². The summed E-state index contributed by atoms with van der Waals surface area (Å²) in [7, 11) is 0. The van der Waals surface area contributed by atoms with Gasteiger partial charge in [0.15, 0.2) is 6.10 Å². The summed E-state index contributed by atoms with van der Waals surface area (Å²) in [6.07, 6.45) is 1.45. The van der Waals surface area contributed by atoms with Gasteiger partial charge in [-0.25, -0.2) is 0 Å². The van der Waals surface area contributed by atoms with E-state index in [1.54, 1.807) is 13.0 Å². The Bertz CT molecular complexity index is 432. The monoisotopic (exact) mass is 264 g/mol. The zero-order chi connectivity index (χ0) is 14.4. The lowest BCUT2D eigenvalue weighted by Gasteiger charge is -2.19. The number of hydrogen-bond donors (Lipinski definition) is 2. The number of ether oxygens (including phenoxy) is 1. The molecule has 0 spiro atoms. The van der Waals surface area contributed by atoms with Crippen LogP contribution in [0.2, 0.25) is 0 Å². The van der Waals surface area contributed by atoms with E-state index in [0.717, 1.165) is 18.4 Å². The van der Waals surface area contributed by atoms with Crippen LogP contribution in [0.1, 0.15) is 39.2 Å². The van der Waals surface area contributed by atoms with Crippen molar-refractivity contribution in [2.45, 2.75) is 52.7 Å². The van der Waals surface area contributed by atoms with E-state index in [2.05, 4.69) is 12.2 Å². The van der Waals surface area contributed by atoms with Crippen LogP contribution in [-0.2, 0) is 4.79 Å². The third-order valence-electron chi connectivity index (χ3n) is 2.95. The first-order valence-corrected chi connectivity index (χ1v) is 6.77. The molecule has 2 atom stereocenters. The van der Waals surface area contributed by atoms with Crippen molar-refractivity contribution in [2.75, 3.05) is 5.73 Å². The first kappa shape index (κ1) is 15.3. The maximum Gasteiger partial charge on any atom is 0.260 e. The molecular weight excluding hydrogens is 240 g/mol. The number of benzene rings is 1. The van der Waals surface area contributed by atoms with Gasteiger partial charge in [-0.1, -0.05) is 19.4 Å². The minimum Gasteiger partial charge on any atom is -0.479 e. The molecule has 0 radical (unpaired) electrons. The second-order valence-corrected chi connectivity index (χ2v) is 5.00. The molecule has 0 aliphatic carbocycles. The number of aryl methyl sites for hydroxylation is 1. The number of nitrogens with one attached hydrogen (secondary N) is 1. The summed E-state index contributed by atoms with van der Waals surface area (Å²) in [4.78, 5) is 12.0. The van der Waals surface area contributed by atoms with Gasteiger partial charge in [0.2, 0.25) is 0 Å². The molecule has 0 bridgehead atoms. The number of carbonyl (C=O) groups excluding carboxylic acids is 1. The molecule has 1 amide bonds. The maximum absolute atomic E-state index is 12.0. The molecule has 106 valence electrons. The maximum atomic E-state index is 12.0. The van der Waals surface area contributed by atoms with Crippen molar-refractivity contribution in [3.63, 3.8) is 0 Å². The van der Waals surface area contributed by atoms with Crippen LogP contribution >= 0.6 is 0 Å². The predicted octanol–water partition coefficient (Wildman–Crippen LogP) is 2.65. The van der Waals surface area contributed by atoms with E-state index >= 15 is 0 Å². The molecule has 0 aliphatic rings. The van der Waals surface area contributed by atoms with Crippen LogP contribution in [0.15, 0.2) is 18.2 Å². The lowest BCUT2D eigenvalue weighted by molar-refractivity contribution is -0.127. The van der Waals surface area contributed by atoms with Gasteiger partial charge in [0.25, 0.3) is 5.91 Å². The van der Waals surface area contributed by atoms with Crippen LogP contribution in [0.25, 0.3) is 0 Å². The summed E-state index contributed by atoms with van der Waals surface area (Å²) in [6.45, 7) is 7.78. The molecule has 1 aromatic carbocycles. The fourth-order valence-corrected chi connectivity index (χ4v) is 1.85. The molecule has 0 fully saturated rings. The first-order chi connectivity index (χ1) is 8.93. The molecule has 0 saturated heterocycles. The van der Waals surface area contributed by atoms with E-state index in [1.807, 2.05) is 26.0 Å². The number of amides is 1. The Balaban J connectivity index is 2.61. The smallest absolute Gasteiger partial charge is 0.260 e. The molecule has 1 aromatic rings. The molecule has 19 heavy (non-hydrogen) atoms. The van der Waals surface area contributed by atoms with Crippen molar-refractivity contribution in [3.05, 3.63) is 23.8 Å². The van der Waals surface area contributed by atoms with Crippen LogP contribution in [0.4, 0.5) is 5.69 Å². The topological polar surface area (TPSA) is 64.3 Å². The normalized spacial score (nSPS) is 13.7. The number of nitrogen functional groups attached to an aromatic ring is 1. The van der Waals surface area contributed by atoms with Crippen LogP contribution < -0.4 is 15.8 Å². The highest BCUT2D eigenvalue weighted by Gasteiger charge is 2.17. The van der Waals surface area contributed by atoms with E-state index in [4.69, 9.17) is 10.5 Å². The second-order valence-electron chi connectivity index (χ2n) is 5.00. The fourth-order valence-electron chi connectivity index (χ4n) is 1.85. The van der Waals surface area contributed by atoms with Gasteiger partial charge < -0.3 is 15.8 Å². The Hall–Kier alpha value is -1.71. The van der Waals surface area contributed by atoms with E-state index in [-0.39, 0.29) is 11.9 Å². The van der Waals surface area contributed by atoms with Gasteiger partial charge in [0, 0.05) is 6.04 Å². The summed E-state index contributed by atoms with van der Waals surface area (Å²) < 4.78 is 5.63. The van der Waals surface area contributed by atoms with Gasteiger partial charge in [0.05, 0.1) is 5.69 Å². The van der Waals surface area contributed by atoms with Crippen molar-refractivity contribution in [2.24, 2.45) is 0 Å². The van der Waals surface area contributed by atoms with Gasteiger partial charge in [-0.3, -0.25) is 4.79 Å². The Kier molecular flexibility index (Phi) is 5.67. The standard InChI is InChI=1S/C15H24N2O2/c1-5-6-11(3)17-15(18)12(4)19-14-9-10(2)7-8-13(14)16/h7-9,11-12H,5-6,16H2,1-4H3,(H,17,18). The van der Waals surface area contributed by atoms with E-state index in [1.165, 1.54) is 0 Å². The van der Waals surface area contributed by atoms with E-state index < -0.39 is 6.10 Å². The number of nitrogens with two attached hydrogens (primary N) is 1. The molecule has 4 heteroatoms. The second kappa shape index (κ2) is 7.02. The number of hydrogen-bond acceptors (Lipinski definition) is 3. The van der Waals surface area contributed by atoms with Crippen molar-refractivity contribution in [1.82, 2.24) is 5.32 Å². The van der Waals surface area contributed by atoms with Crippen molar-refractivity contribution in [3.8, 4) is 5.75 Å². The van der Waals surface area contributed by atoms with Gasteiger partial charge in [-0.15, -0.1) is 0 Å². The van der Waals surface area contributed by atoms with Crippen molar-refractivity contribution in [1.29, 1.82) is 0 Å². The fraction of sp³-hybridized carbons (Fsp3) is 0.533. The average molecular weight is 264 g/mol. The number of anilines is 1. The largest absolute Gasteiger partial charge is 0.479 e. The SMILES string of the molecule is CCCC(C)NC(=O)C(C)Oc1cc(C)ccc1N. The third-order valence-corrected chi connectivity index (χ3v) is 2.95. The van der Waals surface area contributed by atoms with Crippen LogP contribution in [0, 0.1) is 6.92 Å². The van der Waals surface area contributed by atoms with Crippen LogP contribution in [-0.4, -0.2) is 18.1 Å². The zero-order valence-electron chi connectivity index (χ0n) is 12.2. The lowest BCUT2D eigenvalue weighted by Crippen LogP contribution is -2.41. The zero-order valence-corrected chi connectivity index (χ0v) is 12.2. The van der Waals surface area contributed by atoms with Gasteiger partial charge >= 0.3 is 0 Å². The summed E-state index contributed by atoms with van der Waals surface area (Å²) >= 11 is 0. The quantitative estimate of drug-likeness (QED) is 0.776. The third kappa shape index (κ3) is 4.81. The highest BCUT2D eigenvalue weighted by atomic mass is 16.5. The Labute approximate surface area is 115 Å². The summed E-state index contributed by atoms with van der Waals surface area (Å²) in [6, 6.07) is 5.71. The Morgan fingerprint density at radius 1 is 1.42 bits per heavy atom. The minimum atomic E-state index is -0.552.